The minimum atomic E-state index is -3.97. The lowest BCUT2D eigenvalue weighted by atomic mass is 10.3. The monoisotopic (exact) mass is 315 g/mol. The summed E-state index contributed by atoms with van der Waals surface area (Å²) >= 11 is 0. The Morgan fingerprint density at radius 1 is 0.952 bits per heavy atom. The standard InChI is InChI=1S/C14H12F3NO2S/c1-2-18(11-5-8-13(16)14(17)9-11)21(19,20)12-6-3-10(15)4-7-12/h3-9H,2H2,1H3. The van der Waals surface area contributed by atoms with Crippen LogP contribution in [-0.2, 0) is 10.0 Å². The highest BCUT2D eigenvalue weighted by atomic mass is 32.2. The second kappa shape index (κ2) is 5.77. The van der Waals surface area contributed by atoms with Gasteiger partial charge in [0.2, 0.25) is 0 Å². The van der Waals surface area contributed by atoms with Crippen molar-refractivity contribution >= 4 is 15.7 Å². The minimum Gasteiger partial charge on any atom is -0.267 e. The molecule has 2 aromatic rings. The van der Waals surface area contributed by atoms with Crippen molar-refractivity contribution in [1.82, 2.24) is 0 Å². The molecule has 0 saturated carbocycles. The van der Waals surface area contributed by atoms with Gasteiger partial charge in [-0.25, -0.2) is 21.6 Å². The molecule has 0 aromatic heterocycles. The second-order valence-electron chi connectivity index (χ2n) is 4.22. The van der Waals surface area contributed by atoms with Crippen LogP contribution in [0.1, 0.15) is 6.92 Å². The first kappa shape index (κ1) is 15.4. The summed E-state index contributed by atoms with van der Waals surface area (Å²) in [4.78, 5) is -0.129. The molecule has 0 aliphatic carbocycles. The van der Waals surface area contributed by atoms with Gasteiger partial charge in [0.25, 0.3) is 10.0 Å². The number of sulfonamides is 1. The van der Waals surface area contributed by atoms with E-state index < -0.39 is 27.5 Å². The number of rotatable bonds is 4. The summed E-state index contributed by atoms with van der Waals surface area (Å²) in [5, 5.41) is 0. The summed E-state index contributed by atoms with van der Waals surface area (Å²) in [6, 6.07) is 7.11. The molecular formula is C14H12F3NO2S. The quantitative estimate of drug-likeness (QED) is 0.868. The molecule has 0 heterocycles. The van der Waals surface area contributed by atoms with Crippen molar-refractivity contribution in [3.8, 4) is 0 Å². The lowest BCUT2D eigenvalue weighted by molar-refractivity contribution is 0.508. The molecule has 0 amide bonds. The van der Waals surface area contributed by atoms with Gasteiger partial charge in [-0.15, -0.1) is 0 Å². The first-order chi connectivity index (χ1) is 9.86. The predicted octanol–water partition coefficient (Wildman–Crippen LogP) is 3.32. The van der Waals surface area contributed by atoms with Crippen LogP contribution in [-0.4, -0.2) is 15.0 Å². The van der Waals surface area contributed by atoms with Gasteiger partial charge in [0.15, 0.2) is 11.6 Å². The Balaban J connectivity index is 2.48. The van der Waals surface area contributed by atoms with Crippen molar-refractivity contribution in [2.75, 3.05) is 10.8 Å². The normalized spacial score (nSPS) is 11.4. The largest absolute Gasteiger partial charge is 0.267 e. The van der Waals surface area contributed by atoms with Gasteiger partial charge in [0, 0.05) is 12.6 Å². The van der Waals surface area contributed by atoms with Crippen LogP contribution in [0.25, 0.3) is 0 Å². The average Bonchev–Trinajstić information content (AvgIpc) is 2.44. The Labute approximate surface area is 120 Å². The Morgan fingerprint density at radius 2 is 1.57 bits per heavy atom. The second-order valence-corrected chi connectivity index (χ2v) is 6.08. The Hall–Kier alpha value is -2.02. The summed E-state index contributed by atoms with van der Waals surface area (Å²) in [6.07, 6.45) is 0. The highest BCUT2D eigenvalue weighted by Gasteiger charge is 2.24. The van der Waals surface area contributed by atoms with Gasteiger partial charge in [-0.3, -0.25) is 4.31 Å². The number of hydrogen-bond donors (Lipinski definition) is 0. The van der Waals surface area contributed by atoms with E-state index in [0.29, 0.717) is 0 Å². The topological polar surface area (TPSA) is 37.4 Å². The fourth-order valence-electron chi connectivity index (χ4n) is 1.87. The molecule has 0 atom stereocenters. The summed E-state index contributed by atoms with van der Waals surface area (Å²) in [5.74, 6) is -2.76. The summed E-state index contributed by atoms with van der Waals surface area (Å²) in [6.45, 7) is 1.58. The first-order valence-corrected chi connectivity index (χ1v) is 7.53. The molecule has 3 nitrogen and oxygen atoms in total. The van der Waals surface area contributed by atoms with Crippen molar-refractivity contribution in [2.24, 2.45) is 0 Å². The number of hydrogen-bond acceptors (Lipinski definition) is 2. The van der Waals surface area contributed by atoms with Gasteiger partial charge in [-0.2, -0.15) is 0 Å². The number of anilines is 1. The van der Waals surface area contributed by atoms with Crippen molar-refractivity contribution in [1.29, 1.82) is 0 Å². The van der Waals surface area contributed by atoms with Gasteiger partial charge in [-0.05, 0) is 43.3 Å². The van der Waals surface area contributed by atoms with E-state index >= 15 is 0 Å². The van der Waals surface area contributed by atoms with Gasteiger partial charge < -0.3 is 0 Å². The molecule has 0 N–H and O–H groups in total. The molecule has 2 aromatic carbocycles. The van der Waals surface area contributed by atoms with Gasteiger partial charge in [0.05, 0.1) is 10.6 Å². The van der Waals surface area contributed by atoms with Crippen LogP contribution in [0, 0.1) is 17.5 Å². The first-order valence-electron chi connectivity index (χ1n) is 6.09. The molecule has 0 unspecified atom stereocenters. The summed E-state index contributed by atoms with van der Waals surface area (Å²) in [7, 11) is -3.97. The van der Waals surface area contributed by atoms with Crippen molar-refractivity contribution in [3.63, 3.8) is 0 Å². The van der Waals surface area contributed by atoms with E-state index in [9.17, 15) is 21.6 Å². The summed E-state index contributed by atoms with van der Waals surface area (Å²) < 4.78 is 64.9. The molecule has 21 heavy (non-hydrogen) atoms. The molecule has 0 spiro atoms. The molecule has 0 bridgehead atoms. The van der Waals surface area contributed by atoms with Crippen molar-refractivity contribution < 1.29 is 21.6 Å². The van der Waals surface area contributed by atoms with Crippen LogP contribution in [0.15, 0.2) is 47.4 Å². The van der Waals surface area contributed by atoms with E-state index in [1.54, 1.807) is 6.92 Å². The SMILES string of the molecule is CCN(c1ccc(F)c(F)c1)S(=O)(=O)c1ccc(F)cc1. The van der Waals surface area contributed by atoms with E-state index in [1.165, 1.54) is 6.07 Å². The molecular weight excluding hydrogens is 303 g/mol. The third-order valence-corrected chi connectivity index (χ3v) is 4.80. The predicted molar refractivity (Wildman–Crippen MR) is 73.0 cm³/mol. The van der Waals surface area contributed by atoms with E-state index in [4.69, 9.17) is 0 Å². The average molecular weight is 315 g/mol. The zero-order valence-electron chi connectivity index (χ0n) is 11.1. The van der Waals surface area contributed by atoms with Crippen LogP contribution in [0.4, 0.5) is 18.9 Å². The molecule has 0 fully saturated rings. The smallest absolute Gasteiger partial charge is 0.264 e. The highest BCUT2D eigenvalue weighted by molar-refractivity contribution is 7.92. The van der Waals surface area contributed by atoms with Crippen LogP contribution in [0.3, 0.4) is 0 Å². The van der Waals surface area contributed by atoms with Crippen molar-refractivity contribution in [3.05, 3.63) is 59.9 Å². The Morgan fingerprint density at radius 3 is 2.10 bits per heavy atom. The molecule has 112 valence electrons. The summed E-state index contributed by atoms with van der Waals surface area (Å²) in [5.41, 5.74) is 0.000671. The van der Waals surface area contributed by atoms with Crippen LogP contribution < -0.4 is 4.31 Å². The van der Waals surface area contributed by atoms with Crippen molar-refractivity contribution in [2.45, 2.75) is 11.8 Å². The Bertz CT molecular complexity index is 745. The third kappa shape index (κ3) is 3.02. The molecule has 0 aliphatic rings. The lowest BCUT2D eigenvalue weighted by Gasteiger charge is -2.23. The van der Waals surface area contributed by atoms with Gasteiger partial charge in [0.1, 0.15) is 5.82 Å². The van der Waals surface area contributed by atoms with Crippen LogP contribution in [0.5, 0.6) is 0 Å². The maximum atomic E-state index is 13.3. The molecule has 0 aliphatic heterocycles. The molecule has 7 heteroatoms. The lowest BCUT2D eigenvalue weighted by Crippen LogP contribution is -2.30. The van der Waals surface area contributed by atoms with E-state index in [-0.39, 0.29) is 17.1 Å². The minimum absolute atomic E-state index is 0.000671. The van der Waals surface area contributed by atoms with Crippen LogP contribution in [0.2, 0.25) is 0 Å². The molecule has 2 rings (SSSR count). The number of halogens is 3. The Kier molecular flexibility index (Phi) is 4.22. The van der Waals surface area contributed by atoms with Crippen LogP contribution >= 0.6 is 0 Å². The highest BCUT2D eigenvalue weighted by Crippen LogP contribution is 2.25. The van der Waals surface area contributed by atoms with Gasteiger partial charge in [-0.1, -0.05) is 0 Å². The van der Waals surface area contributed by atoms with E-state index in [1.807, 2.05) is 0 Å². The zero-order valence-corrected chi connectivity index (χ0v) is 11.9. The number of benzene rings is 2. The maximum Gasteiger partial charge on any atom is 0.264 e. The fourth-order valence-corrected chi connectivity index (χ4v) is 3.33. The molecule has 0 saturated heterocycles. The number of nitrogens with zero attached hydrogens (tertiary/aromatic N) is 1. The maximum absolute atomic E-state index is 13.3. The van der Waals surface area contributed by atoms with Gasteiger partial charge >= 0.3 is 0 Å². The van der Waals surface area contributed by atoms with E-state index in [2.05, 4.69) is 0 Å². The van der Waals surface area contributed by atoms with E-state index in [0.717, 1.165) is 40.7 Å². The fraction of sp³-hybridized carbons (Fsp3) is 0.143. The third-order valence-electron chi connectivity index (χ3n) is 2.88. The molecule has 0 radical (unpaired) electrons. The zero-order chi connectivity index (χ0) is 15.6.